The minimum absolute atomic E-state index is 0.277. The van der Waals surface area contributed by atoms with Crippen molar-refractivity contribution in [1.82, 2.24) is 0 Å². The molecule has 88 valence electrons. The normalized spacial score (nSPS) is 21.3. The fourth-order valence-electron chi connectivity index (χ4n) is 2.69. The summed E-state index contributed by atoms with van der Waals surface area (Å²) in [5, 5.41) is 0. The third kappa shape index (κ3) is 1.73. The van der Waals surface area contributed by atoms with Gasteiger partial charge in [0.2, 0.25) is 0 Å². The highest BCUT2D eigenvalue weighted by molar-refractivity contribution is 5.45. The van der Waals surface area contributed by atoms with Crippen LogP contribution in [0.4, 0.5) is 0 Å². The molecule has 1 aromatic rings. The zero-order valence-corrected chi connectivity index (χ0v) is 11.1. The van der Waals surface area contributed by atoms with Crippen molar-refractivity contribution in [2.24, 2.45) is 0 Å². The molecule has 0 spiro atoms. The van der Waals surface area contributed by atoms with Crippen molar-refractivity contribution in [1.29, 1.82) is 0 Å². The summed E-state index contributed by atoms with van der Waals surface area (Å²) in [5.74, 6) is 0.976. The van der Waals surface area contributed by atoms with Crippen molar-refractivity contribution in [2.75, 3.05) is 7.11 Å². The van der Waals surface area contributed by atoms with E-state index in [0.717, 1.165) is 5.75 Å². The second-order valence-electron chi connectivity index (χ2n) is 6.18. The molecule has 0 atom stereocenters. The molecule has 1 aromatic carbocycles. The topological polar surface area (TPSA) is 9.23 Å². The van der Waals surface area contributed by atoms with Gasteiger partial charge in [-0.3, -0.25) is 0 Å². The molecule has 1 heteroatoms. The molecule has 0 fully saturated rings. The summed E-state index contributed by atoms with van der Waals surface area (Å²) in [6, 6.07) is 6.55. The Kier molecular flexibility index (Phi) is 2.52. The Morgan fingerprint density at radius 1 is 0.938 bits per heavy atom. The molecule has 2 rings (SSSR count). The van der Waals surface area contributed by atoms with Gasteiger partial charge >= 0.3 is 0 Å². The van der Waals surface area contributed by atoms with Crippen LogP contribution in [0.1, 0.15) is 51.7 Å². The summed E-state index contributed by atoms with van der Waals surface area (Å²) in [5.41, 5.74) is 3.53. The van der Waals surface area contributed by atoms with Crippen LogP contribution in [0.2, 0.25) is 0 Å². The molecule has 0 N–H and O–H groups in total. The maximum Gasteiger partial charge on any atom is 0.119 e. The Labute approximate surface area is 98.8 Å². The number of rotatable bonds is 1. The molecule has 0 saturated heterocycles. The van der Waals surface area contributed by atoms with E-state index in [0.29, 0.717) is 5.41 Å². The van der Waals surface area contributed by atoms with Gasteiger partial charge < -0.3 is 4.74 Å². The molecule has 1 aliphatic rings. The minimum Gasteiger partial charge on any atom is -0.497 e. The lowest BCUT2D eigenvalue weighted by molar-refractivity contribution is 0.328. The van der Waals surface area contributed by atoms with Gasteiger partial charge in [0.1, 0.15) is 5.75 Å². The van der Waals surface area contributed by atoms with Gasteiger partial charge in [-0.05, 0) is 46.9 Å². The van der Waals surface area contributed by atoms with Gasteiger partial charge in [-0.15, -0.1) is 0 Å². The average Bonchev–Trinajstić information content (AvgIpc) is 2.24. The van der Waals surface area contributed by atoms with Gasteiger partial charge in [-0.25, -0.2) is 0 Å². The van der Waals surface area contributed by atoms with Crippen LogP contribution in [0.5, 0.6) is 5.75 Å². The van der Waals surface area contributed by atoms with Crippen molar-refractivity contribution < 1.29 is 4.74 Å². The predicted molar refractivity (Wildman–Crippen MR) is 68.3 cm³/mol. The summed E-state index contributed by atoms with van der Waals surface area (Å²) in [4.78, 5) is 0. The molecule has 0 radical (unpaired) electrons. The van der Waals surface area contributed by atoms with E-state index < -0.39 is 0 Å². The Balaban J connectivity index is 2.60. The molecule has 0 saturated carbocycles. The van der Waals surface area contributed by atoms with Gasteiger partial charge in [0.25, 0.3) is 0 Å². The third-order valence-electron chi connectivity index (χ3n) is 4.06. The number of hydrogen-bond donors (Lipinski definition) is 0. The van der Waals surface area contributed by atoms with Crippen LogP contribution in [0.25, 0.3) is 0 Å². The number of hydrogen-bond acceptors (Lipinski definition) is 1. The second-order valence-corrected chi connectivity index (χ2v) is 6.18. The second kappa shape index (κ2) is 3.51. The number of benzene rings is 1. The fourth-order valence-corrected chi connectivity index (χ4v) is 2.69. The maximum atomic E-state index is 5.34. The van der Waals surface area contributed by atoms with Crippen LogP contribution < -0.4 is 4.74 Å². The first kappa shape index (κ1) is 11.5. The van der Waals surface area contributed by atoms with E-state index in [9.17, 15) is 0 Å². The summed E-state index contributed by atoms with van der Waals surface area (Å²) in [7, 11) is 1.74. The lowest BCUT2D eigenvalue weighted by Crippen LogP contribution is -2.33. The van der Waals surface area contributed by atoms with Crippen molar-refractivity contribution in [3.8, 4) is 5.75 Å². The first-order valence-electron chi connectivity index (χ1n) is 6.06. The van der Waals surface area contributed by atoms with E-state index in [2.05, 4.69) is 45.9 Å². The monoisotopic (exact) mass is 218 g/mol. The van der Waals surface area contributed by atoms with E-state index in [1.807, 2.05) is 0 Å². The van der Waals surface area contributed by atoms with Crippen molar-refractivity contribution in [3.05, 3.63) is 29.3 Å². The average molecular weight is 218 g/mol. The van der Waals surface area contributed by atoms with Crippen molar-refractivity contribution >= 4 is 0 Å². The highest BCUT2D eigenvalue weighted by Gasteiger charge is 2.36. The maximum absolute atomic E-state index is 5.34. The zero-order chi connectivity index (χ0) is 12.0. The predicted octanol–water partition coefficient (Wildman–Crippen LogP) is 4.04. The van der Waals surface area contributed by atoms with Crippen LogP contribution in [0, 0.1) is 0 Å². The van der Waals surface area contributed by atoms with E-state index in [4.69, 9.17) is 4.74 Å². The van der Waals surface area contributed by atoms with Crippen LogP contribution in [-0.2, 0) is 10.8 Å². The SMILES string of the molecule is COc1ccc2c(c1)C(C)(C)CCC2(C)C. The van der Waals surface area contributed by atoms with E-state index in [1.54, 1.807) is 7.11 Å². The van der Waals surface area contributed by atoms with Crippen LogP contribution in [0.3, 0.4) is 0 Å². The van der Waals surface area contributed by atoms with Gasteiger partial charge in [0, 0.05) is 0 Å². The fraction of sp³-hybridized carbons (Fsp3) is 0.600. The minimum atomic E-state index is 0.277. The van der Waals surface area contributed by atoms with Gasteiger partial charge in [-0.2, -0.15) is 0 Å². The molecule has 0 unspecified atom stereocenters. The van der Waals surface area contributed by atoms with E-state index in [1.165, 1.54) is 24.0 Å². The largest absolute Gasteiger partial charge is 0.497 e. The first-order chi connectivity index (χ1) is 7.37. The number of fused-ring (bicyclic) bond motifs is 1. The number of ether oxygens (including phenoxy) is 1. The van der Waals surface area contributed by atoms with Gasteiger partial charge in [0.05, 0.1) is 7.11 Å². The Morgan fingerprint density at radius 2 is 1.50 bits per heavy atom. The Bertz CT molecular complexity index is 402. The molecular weight excluding hydrogens is 196 g/mol. The summed E-state index contributed by atoms with van der Waals surface area (Å²) >= 11 is 0. The molecule has 16 heavy (non-hydrogen) atoms. The molecule has 1 aliphatic carbocycles. The highest BCUT2D eigenvalue weighted by Crippen LogP contribution is 2.46. The van der Waals surface area contributed by atoms with Crippen molar-refractivity contribution in [3.63, 3.8) is 0 Å². The number of methoxy groups -OCH3 is 1. The van der Waals surface area contributed by atoms with Crippen LogP contribution in [-0.4, -0.2) is 7.11 Å². The summed E-state index contributed by atoms with van der Waals surface area (Å²) in [6.07, 6.45) is 2.51. The summed E-state index contributed by atoms with van der Waals surface area (Å²) in [6.45, 7) is 9.35. The van der Waals surface area contributed by atoms with Crippen LogP contribution in [0.15, 0.2) is 18.2 Å². The highest BCUT2D eigenvalue weighted by atomic mass is 16.5. The smallest absolute Gasteiger partial charge is 0.119 e. The molecule has 0 aliphatic heterocycles. The lowest BCUT2D eigenvalue weighted by Gasteiger charge is -2.41. The first-order valence-corrected chi connectivity index (χ1v) is 6.06. The zero-order valence-electron chi connectivity index (χ0n) is 11.1. The van der Waals surface area contributed by atoms with E-state index in [-0.39, 0.29) is 5.41 Å². The molecule has 1 nitrogen and oxygen atoms in total. The lowest BCUT2D eigenvalue weighted by atomic mass is 9.63. The standard InChI is InChI=1S/C15H22O/c1-14(2)8-9-15(3,4)13-10-11(16-5)6-7-12(13)14/h6-7,10H,8-9H2,1-5H3. The summed E-state index contributed by atoms with van der Waals surface area (Å²) < 4.78 is 5.34. The molecular formula is C15H22O. The Morgan fingerprint density at radius 3 is 2.06 bits per heavy atom. The molecule has 0 bridgehead atoms. The third-order valence-corrected chi connectivity index (χ3v) is 4.06. The van der Waals surface area contributed by atoms with Gasteiger partial charge in [-0.1, -0.05) is 33.8 Å². The molecule has 0 heterocycles. The molecule has 0 amide bonds. The quantitative estimate of drug-likeness (QED) is 0.691. The van der Waals surface area contributed by atoms with Gasteiger partial charge in [0.15, 0.2) is 0 Å². The molecule has 0 aromatic heterocycles. The van der Waals surface area contributed by atoms with Crippen LogP contribution >= 0.6 is 0 Å². The van der Waals surface area contributed by atoms with Crippen molar-refractivity contribution in [2.45, 2.75) is 51.4 Å². The Hall–Kier alpha value is -0.980. The van der Waals surface area contributed by atoms with E-state index >= 15 is 0 Å².